The number of Topliss-reactive ketones (excluding diaryl/α,β-unsaturated/α-hetero) is 1. The molecule has 29 heavy (non-hydrogen) atoms. The first-order valence-electron chi connectivity index (χ1n) is 9.16. The Bertz CT molecular complexity index is 1190. The maximum absolute atomic E-state index is 12.7. The van der Waals surface area contributed by atoms with Gasteiger partial charge in [-0.15, -0.1) is 0 Å². The smallest absolute Gasteiger partial charge is 0.217 e. The number of carbonyl (C=O) groups is 2. The van der Waals surface area contributed by atoms with E-state index in [0.29, 0.717) is 22.3 Å². The number of hydrogen-bond donors (Lipinski definition) is 1. The summed E-state index contributed by atoms with van der Waals surface area (Å²) in [5, 5.41) is 3.23. The minimum Gasteiger partial charge on any atom is -0.349 e. The molecular weight excluding hydrogens is 364 g/mol. The van der Waals surface area contributed by atoms with Gasteiger partial charge < -0.3 is 5.32 Å². The number of nitrogens with one attached hydrogen (secondary N) is 1. The average Bonchev–Trinajstić information content (AvgIpc) is 2.77. The molecule has 1 aromatic carbocycles. The molecule has 142 valence electrons. The largest absolute Gasteiger partial charge is 0.349 e. The number of carbonyl (C=O) groups excluding carboxylic acids is 2. The highest BCUT2D eigenvalue weighted by Gasteiger charge is 2.15. The van der Waals surface area contributed by atoms with Gasteiger partial charge in [0.15, 0.2) is 11.4 Å². The second kappa shape index (κ2) is 7.98. The third kappa shape index (κ3) is 4.01. The van der Waals surface area contributed by atoms with Crippen LogP contribution in [0.2, 0.25) is 0 Å². The van der Waals surface area contributed by atoms with Crippen molar-refractivity contribution in [2.45, 2.75) is 6.92 Å². The molecular formula is C23H18N4O2. The first-order chi connectivity index (χ1) is 14.1. The molecule has 0 aliphatic rings. The van der Waals surface area contributed by atoms with Crippen LogP contribution in [0.3, 0.4) is 0 Å². The molecule has 6 nitrogen and oxygen atoms in total. The van der Waals surface area contributed by atoms with Gasteiger partial charge in [-0.25, -0.2) is 9.97 Å². The normalized spacial score (nSPS) is 10.7. The Hall–Kier alpha value is -3.93. The summed E-state index contributed by atoms with van der Waals surface area (Å²) in [5.41, 5.74) is 4.66. The lowest BCUT2D eigenvalue weighted by atomic mass is 10.0. The van der Waals surface area contributed by atoms with Crippen molar-refractivity contribution in [2.24, 2.45) is 0 Å². The van der Waals surface area contributed by atoms with Gasteiger partial charge in [0.1, 0.15) is 0 Å². The zero-order chi connectivity index (χ0) is 20.2. The standard InChI is InChI=1S/C23H18N4O2/c1-15(28)26-14-22(29)20-13-21(27-23-19(20)3-2-10-25-23)18-6-4-16(5-7-18)17-8-11-24-12-9-17/h2-13H,14H2,1H3,(H,26,28). The molecule has 3 aromatic heterocycles. The minimum absolute atomic E-state index is 0.0657. The first kappa shape index (κ1) is 18.4. The third-order valence-electron chi connectivity index (χ3n) is 4.58. The minimum atomic E-state index is -0.248. The molecule has 0 radical (unpaired) electrons. The Kier molecular flexibility index (Phi) is 5.07. The first-order valence-corrected chi connectivity index (χ1v) is 9.16. The fraction of sp³-hybridized carbons (Fsp3) is 0.0870. The van der Waals surface area contributed by atoms with Crippen molar-refractivity contribution in [3.8, 4) is 22.4 Å². The molecule has 1 N–H and O–H groups in total. The number of amides is 1. The van der Waals surface area contributed by atoms with E-state index in [1.807, 2.05) is 42.5 Å². The number of hydrogen-bond acceptors (Lipinski definition) is 5. The monoisotopic (exact) mass is 382 g/mol. The highest BCUT2D eigenvalue weighted by atomic mass is 16.2. The van der Waals surface area contributed by atoms with Crippen LogP contribution in [0.1, 0.15) is 17.3 Å². The summed E-state index contributed by atoms with van der Waals surface area (Å²) in [6.45, 7) is 1.32. The van der Waals surface area contributed by atoms with Gasteiger partial charge in [-0.3, -0.25) is 14.6 Å². The molecule has 6 heteroatoms. The zero-order valence-corrected chi connectivity index (χ0v) is 15.8. The summed E-state index contributed by atoms with van der Waals surface area (Å²) in [6, 6.07) is 17.2. The van der Waals surface area contributed by atoms with E-state index in [9.17, 15) is 9.59 Å². The lowest BCUT2D eigenvalue weighted by Crippen LogP contribution is -2.27. The summed E-state index contributed by atoms with van der Waals surface area (Å²) < 4.78 is 0. The van der Waals surface area contributed by atoms with Crippen molar-refractivity contribution >= 4 is 22.7 Å². The number of benzene rings is 1. The Balaban J connectivity index is 1.74. The van der Waals surface area contributed by atoms with Crippen LogP contribution in [0.4, 0.5) is 0 Å². The molecule has 0 aliphatic carbocycles. The predicted octanol–water partition coefficient (Wildman–Crippen LogP) is 3.68. The van der Waals surface area contributed by atoms with E-state index in [2.05, 4.69) is 20.3 Å². The molecule has 4 rings (SSSR count). The lowest BCUT2D eigenvalue weighted by Gasteiger charge is -2.10. The highest BCUT2D eigenvalue weighted by Crippen LogP contribution is 2.27. The summed E-state index contributed by atoms with van der Waals surface area (Å²) in [7, 11) is 0. The number of aromatic nitrogens is 3. The van der Waals surface area contributed by atoms with Gasteiger partial charge in [-0.1, -0.05) is 24.3 Å². The Morgan fingerprint density at radius 2 is 1.59 bits per heavy atom. The molecule has 0 atom stereocenters. The van der Waals surface area contributed by atoms with Gasteiger partial charge in [-0.2, -0.15) is 0 Å². The summed E-state index contributed by atoms with van der Waals surface area (Å²) in [4.78, 5) is 36.9. The van der Waals surface area contributed by atoms with Crippen LogP contribution >= 0.6 is 0 Å². The van der Waals surface area contributed by atoms with Gasteiger partial charge in [0, 0.05) is 42.0 Å². The average molecular weight is 382 g/mol. The Morgan fingerprint density at radius 1 is 0.897 bits per heavy atom. The van der Waals surface area contributed by atoms with Crippen molar-refractivity contribution in [3.05, 3.63) is 78.8 Å². The van der Waals surface area contributed by atoms with E-state index < -0.39 is 0 Å². The summed E-state index contributed by atoms with van der Waals surface area (Å²) >= 11 is 0. The van der Waals surface area contributed by atoms with E-state index in [1.54, 1.807) is 30.7 Å². The van der Waals surface area contributed by atoms with E-state index >= 15 is 0 Å². The maximum atomic E-state index is 12.7. The number of fused-ring (bicyclic) bond motifs is 1. The molecule has 0 fully saturated rings. The number of rotatable bonds is 5. The fourth-order valence-corrected chi connectivity index (χ4v) is 3.11. The molecule has 0 saturated carbocycles. The topological polar surface area (TPSA) is 84.8 Å². The molecule has 0 saturated heterocycles. The van der Waals surface area contributed by atoms with Crippen molar-refractivity contribution in [2.75, 3.05) is 6.54 Å². The van der Waals surface area contributed by atoms with Crippen LogP contribution in [0.15, 0.2) is 73.2 Å². The van der Waals surface area contributed by atoms with Crippen LogP contribution in [0.5, 0.6) is 0 Å². The Labute approximate surface area is 167 Å². The van der Waals surface area contributed by atoms with E-state index in [1.165, 1.54) is 6.92 Å². The van der Waals surface area contributed by atoms with E-state index in [-0.39, 0.29) is 18.2 Å². The van der Waals surface area contributed by atoms with Crippen molar-refractivity contribution < 1.29 is 9.59 Å². The van der Waals surface area contributed by atoms with Crippen LogP contribution in [0, 0.1) is 0 Å². The van der Waals surface area contributed by atoms with Crippen molar-refractivity contribution in [1.29, 1.82) is 0 Å². The second-order valence-corrected chi connectivity index (χ2v) is 6.58. The van der Waals surface area contributed by atoms with E-state index in [0.717, 1.165) is 16.7 Å². The van der Waals surface area contributed by atoms with Crippen molar-refractivity contribution in [3.63, 3.8) is 0 Å². The lowest BCUT2D eigenvalue weighted by molar-refractivity contribution is -0.118. The van der Waals surface area contributed by atoms with Crippen LogP contribution in [0.25, 0.3) is 33.4 Å². The summed E-state index contributed by atoms with van der Waals surface area (Å²) in [6.07, 6.45) is 5.16. The molecule has 0 aliphatic heterocycles. The van der Waals surface area contributed by atoms with Gasteiger partial charge in [0.25, 0.3) is 0 Å². The molecule has 1 amide bonds. The SMILES string of the molecule is CC(=O)NCC(=O)c1cc(-c2ccc(-c3ccncc3)cc2)nc2ncccc12. The Morgan fingerprint density at radius 3 is 2.31 bits per heavy atom. The van der Waals surface area contributed by atoms with Crippen molar-refractivity contribution in [1.82, 2.24) is 20.3 Å². The van der Waals surface area contributed by atoms with Gasteiger partial charge in [0.05, 0.1) is 12.2 Å². The fourth-order valence-electron chi connectivity index (χ4n) is 3.11. The van der Waals surface area contributed by atoms with Gasteiger partial charge in [0.2, 0.25) is 5.91 Å². The molecule has 0 bridgehead atoms. The third-order valence-corrected chi connectivity index (χ3v) is 4.58. The molecule has 0 spiro atoms. The van der Waals surface area contributed by atoms with E-state index in [4.69, 9.17) is 0 Å². The second-order valence-electron chi connectivity index (χ2n) is 6.58. The molecule has 0 unspecified atom stereocenters. The molecule has 3 heterocycles. The van der Waals surface area contributed by atoms with Gasteiger partial charge in [-0.05, 0) is 41.5 Å². The quantitative estimate of drug-likeness (QED) is 0.532. The van der Waals surface area contributed by atoms with Crippen LogP contribution in [-0.2, 0) is 4.79 Å². The zero-order valence-electron chi connectivity index (χ0n) is 15.8. The number of pyridine rings is 3. The maximum Gasteiger partial charge on any atom is 0.217 e. The van der Waals surface area contributed by atoms with Crippen LogP contribution < -0.4 is 5.32 Å². The highest BCUT2D eigenvalue weighted by molar-refractivity contribution is 6.09. The number of nitrogens with zero attached hydrogens (tertiary/aromatic N) is 3. The van der Waals surface area contributed by atoms with Gasteiger partial charge >= 0.3 is 0 Å². The number of ketones is 1. The molecule has 4 aromatic rings. The van der Waals surface area contributed by atoms with Crippen LogP contribution in [-0.4, -0.2) is 33.2 Å². The predicted molar refractivity (Wildman–Crippen MR) is 111 cm³/mol. The summed E-state index contributed by atoms with van der Waals surface area (Å²) in [5.74, 6) is -0.433.